The predicted octanol–water partition coefficient (Wildman–Crippen LogP) is 0.238. The van der Waals surface area contributed by atoms with E-state index >= 15 is 0 Å². The molecule has 0 aliphatic rings. The molecule has 1 N–H and O–H groups in total. The first-order valence-corrected chi connectivity index (χ1v) is 6.15. The number of aryl methyl sites for hydroxylation is 1. The first-order chi connectivity index (χ1) is 8.95. The van der Waals surface area contributed by atoms with Gasteiger partial charge in [-0.05, 0) is 19.4 Å². The van der Waals surface area contributed by atoms with Crippen LogP contribution in [0.5, 0.6) is 0 Å². The minimum atomic E-state index is -0.408. The second kappa shape index (κ2) is 4.83. The molecule has 0 radical (unpaired) electrons. The van der Waals surface area contributed by atoms with Crippen molar-refractivity contribution in [2.24, 2.45) is 14.1 Å². The quantitative estimate of drug-likeness (QED) is 0.857. The van der Waals surface area contributed by atoms with E-state index in [0.29, 0.717) is 16.9 Å². The highest BCUT2D eigenvalue weighted by Gasteiger charge is 2.11. The van der Waals surface area contributed by atoms with Crippen molar-refractivity contribution in [1.29, 1.82) is 0 Å². The zero-order chi connectivity index (χ0) is 14.2. The van der Waals surface area contributed by atoms with Gasteiger partial charge in [0.2, 0.25) is 0 Å². The highest BCUT2D eigenvalue weighted by molar-refractivity contribution is 5.76. The van der Waals surface area contributed by atoms with Gasteiger partial charge in [0.25, 0.3) is 5.56 Å². The van der Waals surface area contributed by atoms with Crippen molar-refractivity contribution in [3.63, 3.8) is 0 Å². The third-order valence-corrected chi connectivity index (χ3v) is 3.21. The average Bonchev–Trinajstić information content (AvgIpc) is 2.42. The topological polar surface area (TPSA) is 81.8 Å². The van der Waals surface area contributed by atoms with E-state index in [9.17, 15) is 9.59 Å². The van der Waals surface area contributed by atoms with Crippen LogP contribution >= 0.6 is 0 Å². The molecule has 7 heteroatoms. The van der Waals surface area contributed by atoms with Crippen LogP contribution in [0.3, 0.4) is 0 Å². The third-order valence-electron chi connectivity index (χ3n) is 3.21. The number of hydrogen-bond acceptors (Lipinski definition) is 5. The molecule has 1 unspecified atom stereocenters. The number of rotatable bonds is 3. The van der Waals surface area contributed by atoms with Crippen LogP contribution in [0.2, 0.25) is 0 Å². The van der Waals surface area contributed by atoms with Crippen molar-refractivity contribution in [2.75, 3.05) is 5.32 Å². The van der Waals surface area contributed by atoms with Crippen LogP contribution in [0.15, 0.2) is 15.7 Å². The number of nitrogens with zero attached hydrogens (tertiary/aromatic N) is 4. The number of hydrogen-bond donors (Lipinski definition) is 1. The minimum Gasteiger partial charge on any atom is -0.366 e. The summed E-state index contributed by atoms with van der Waals surface area (Å²) in [5, 5.41) is 11.5. The summed E-state index contributed by atoms with van der Waals surface area (Å²) in [6.07, 6.45) is 0.936. The molecular formula is C12H17N5O2. The molecule has 2 aromatic rings. The summed E-state index contributed by atoms with van der Waals surface area (Å²) >= 11 is 0. The van der Waals surface area contributed by atoms with Gasteiger partial charge in [-0.1, -0.05) is 6.92 Å². The highest BCUT2D eigenvalue weighted by atomic mass is 16.2. The summed E-state index contributed by atoms with van der Waals surface area (Å²) in [7, 11) is 3.02. The Morgan fingerprint density at radius 2 is 1.95 bits per heavy atom. The molecule has 2 heterocycles. The molecule has 2 aromatic heterocycles. The Kier molecular flexibility index (Phi) is 3.37. The van der Waals surface area contributed by atoms with Crippen molar-refractivity contribution in [3.8, 4) is 0 Å². The Bertz CT molecular complexity index is 731. The van der Waals surface area contributed by atoms with E-state index in [1.54, 1.807) is 13.1 Å². The molecule has 7 nitrogen and oxygen atoms in total. The second-order valence-electron chi connectivity index (χ2n) is 4.63. The monoisotopic (exact) mass is 263 g/mol. The fraction of sp³-hybridized carbons (Fsp3) is 0.500. The Labute approximate surface area is 109 Å². The number of anilines is 1. The molecule has 1 atom stereocenters. The summed E-state index contributed by atoms with van der Waals surface area (Å²) in [5.74, 6) is 0.539. The van der Waals surface area contributed by atoms with E-state index < -0.39 is 5.69 Å². The van der Waals surface area contributed by atoms with Crippen molar-refractivity contribution < 1.29 is 0 Å². The fourth-order valence-corrected chi connectivity index (χ4v) is 1.80. The maximum absolute atomic E-state index is 12.1. The van der Waals surface area contributed by atoms with Gasteiger partial charge in [0.1, 0.15) is 5.82 Å². The Morgan fingerprint density at radius 3 is 2.58 bits per heavy atom. The third kappa shape index (κ3) is 2.23. The van der Waals surface area contributed by atoms with Crippen molar-refractivity contribution in [2.45, 2.75) is 26.3 Å². The van der Waals surface area contributed by atoms with Crippen LogP contribution in [0.1, 0.15) is 20.3 Å². The maximum Gasteiger partial charge on any atom is 0.332 e. The van der Waals surface area contributed by atoms with Gasteiger partial charge in [-0.3, -0.25) is 13.9 Å². The number of aromatic nitrogens is 4. The Morgan fingerprint density at radius 1 is 1.26 bits per heavy atom. The van der Waals surface area contributed by atoms with Crippen molar-refractivity contribution in [1.82, 2.24) is 19.3 Å². The highest BCUT2D eigenvalue weighted by Crippen LogP contribution is 2.10. The fourth-order valence-electron chi connectivity index (χ4n) is 1.80. The molecule has 0 aliphatic heterocycles. The van der Waals surface area contributed by atoms with E-state index in [1.807, 2.05) is 6.92 Å². The lowest BCUT2D eigenvalue weighted by molar-refractivity contribution is 0.701. The molecule has 0 bridgehead atoms. The number of fused-ring (bicyclic) bond motifs is 1. The van der Waals surface area contributed by atoms with Gasteiger partial charge in [0, 0.05) is 20.1 Å². The van der Waals surface area contributed by atoms with E-state index in [1.165, 1.54) is 11.6 Å². The lowest BCUT2D eigenvalue weighted by Crippen LogP contribution is -2.37. The molecule has 0 fully saturated rings. The lowest BCUT2D eigenvalue weighted by atomic mass is 10.2. The molecule has 19 heavy (non-hydrogen) atoms. The summed E-state index contributed by atoms with van der Waals surface area (Å²) in [5.41, 5.74) is -0.475. The minimum absolute atomic E-state index is 0.239. The summed E-state index contributed by atoms with van der Waals surface area (Å²) in [6.45, 7) is 4.07. The first-order valence-electron chi connectivity index (χ1n) is 6.15. The number of nitrogens with one attached hydrogen (secondary N) is 1. The maximum atomic E-state index is 12.1. The van der Waals surface area contributed by atoms with Crippen LogP contribution in [0.25, 0.3) is 11.0 Å². The average molecular weight is 263 g/mol. The van der Waals surface area contributed by atoms with Gasteiger partial charge in [0.05, 0.1) is 5.39 Å². The van der Waals surface area contributed by atoms with Crippen molar-refractivity contribution >= 4 is 16.9 Å². The van der Waals surface area contributed by atoms with Gasteiger partial charge in [-0.2, -0.15) is 0 Å². The normalized spacial score (nSPS) is 12.6. The largest absolute Gasteiger partial charge is 0.366 e. The van der Waals surface area contributed by atoms with Gasteiger partial charge in [-0.25, -0.2) is 4.79 Å². The second-order valence-corrected chi connectivity index (χ2v) is 4.63. The van der Waals surface area contributed by atoms with Crippen LogP contribution in [-0.4, -0.2) is 25.4 Å². The smallest absolute Gasteiger partial charge is 0.332 e. The van der Waals surface area contributed by atoms with Crippen LogP contribution < -0.4 is 16.6 Å². The molecule has 0 aromatic carbocycles. The first kappa shape index (κ1) is 13.3. The van der Waals surface area contributed by atoms with E-state index in [2.05, 4.69) is 22.4 Å². The summed E-state index contributed by atoms with van der Waals surface area (Å²) in [6, 6.07) is 1.87. The zero-order valence-electron chi connectivity index (χ0n) is 11.5. The molecule has 0 amide bonds. The molecule has 0 aliphatic carbocycles. The molecule has 0 saturated carbocycles. The Balaban J connectivity index is 2.67. The zero-order valence-corrected chi connectivity index (χ0v) is 11.5. The lowest BCUT2D eigenvalue weighted by Gasteiger charge is -2.12. The van der Waals surface area contributed by atoms with Crippen molar-refractivity contribution in [3.05, 3.63) is 26.9 Å². The molecule has 0 spiro atoms. The molecule has 0 saturated heterocycles. The van der Waals surface area contributed by atoms with Gasteiger partial charge in [0.15, 0.2) is 5.65 Å². The SMILES string of the molecule is CCC(C)Nc1cc2c(=O)n(C)c(=O)n(C)c2nn1. The standard InChI is InChI=1S/C12H17N5O2/c1-5-7(2)13-9-6-8-10(15-14-9)16(3)12(19)17(4)11(8)18/h6-7H,5H2,1-4H3,(H,13,14). The molecular weight excluding hydrogens is 246 g/mol. The molecule has 2 rings (SSSR count). The summed E-state index contributed by atoms with van der Waals surface area (Å²) < 4.78 is 2.38. The van der Waals surface area contributed by atoms with Crippen LogP contribution in [-0.2, 0) is 14.1 Å². The van der Waals surface area contributed by atoms with E-state index in [4.69, 9.17) is 0 Å². The van der Waals surface area contributed by atoms with E-state index in [-0.39, 0.29) is 11.6 Å². The van der Waals surface area contributed by atoms with E-state index in [0.717, 1.165) is 11.0 Å². The van der Waals surface area contributed by atoms with Crippen LogP contribution in [0, 0.1) is 0 Å². The van der Waals surface area contributed by atoms with Gasteiger partial charge < -0.3 is 5.32 Å². The summed E-state index contributed by atoms with van der Waals surface area (Å²) in [4.78, 5) is 23.8. The van der Waals surface area contributed by atoms with Crippen LogP contribution in [0.4, 0.5) is 5.82 Å². The predicted molar refractivity (Wildman–Crippen MR) is 73.4 cm³/mol. The van der Waals surface area contributed by atoms with Gasteiger partial charge >= 0.3 is 5.69 Å². The molecule has 102 valence electrons. The Hall–Kier alpha value is -2.18. The van der Waals surface area contributed by atoms with Gasteiger partial charge in [-0.15, -0.1) is 10.2 Å².